The summed E-state index contributed by atoms with van der Waals surface area (Å²) < 4.78 is 4.99. The molecular weight excluding hydrogens is 104 g/mol. The van der Waals surface area contributed by atoms with E-state index in [0.29, 0.717) is 6.54 Å². The molecule has 0 bridgehead atoms. The van der Waals surface area contributed by atoms with Crippen LogP contribution in [0.4, 0.5) is 0 Å². The predicted molar refractivity (Wildman–Crippen MR) is 30.9 cm³/mol. The normalized spacial score (nSPS) is 27.2. The minimum absolute atomic E-state index is 0.120. The zero-order valence-electron chi connectivity index (χ0n) is 5.09. The molecule has 1 aliphatic rings. The van der Waals surface area contributed by atoms with Crippen LogP contribution < -0.4 is 0 Å². The maximum absolute atomic E-state index is 4.99. The van der Waals surface area contributed by atoms with Crippen LogP contribution in [0.15, 0.2) is 4.99 Å². The van der Waals surface area contributed by atoms with Crippen LogP contribution >= 0.6 is 0 Å². The van der Waals surface area contributed by atoms with E-state index in [9.17, 15) is 0 Å². The van der Waals surface area contributed by atoms with Crippen LogP contribution in [0.5, 0.6) is 0 Å². The van der Waals surface area contributed by atoms with Gasteiger partial charge in [0.25, 0.3) is 0 Å². The highest BCUT2D eigenvalue weighted by atomic mass is 16.5. The van der Waals surface area contributed by atoms with Gasteiger partial charge in [-0.2, -0.15) is 0 Å². The van der Waals surface area contributed by atoms with Gasteiger partial charge in [-0.15, -0.1) is 0 Å². The van der Waals surface area contributed by atoms with E-state index >= 15 is 0 Å². The van der Waals surface area contributed by atoms with Gasteiger partial charge in [-0.05, 0) is 0 Å². The van der Waals surface area contributed by atoms with Crippen LogP contribution in [0.3, 0.4) is 0 Å². The molecule has 1 rings (SSSR count). The van der Waals surface area contributed by atoms with Gasteiger partial charge in [0.1, 0.15) is 0 Å². The molecule has 1 radical (unpaired) electrons. The van der Waals surface area contributed by atoms with Crippen molar-refractivity contribution in [2.45, 2.75) is 6.23 Å². The van der Waals surface area contributed by atoms with Gasteiger partial charge in [0.05, 0.1) is 6.54 Å². The van der Waals surface area contributed by atoms with Gasteiger partial charge in [-0.25, -0.2) is 0 Å². The third-order valence-electron chi connectivity index (χ3n) is 1.18. The SMILES string of the molecule is COC1CN=[C]N1C. The summed E-state index contributed by atoms with van der Waals surface area (Å²) in [6, 6.07) is 0. The van der Waals surface area contributed by atoms with E-state index in [0.717, 1.165) is 0 Å². The smallest absolute Gasteiger partial charge is 0.169 e. The van der Waals surface area contributed by atoms with Crippen molar-refractivity contribution in [3.05, 3.63) is 0 Å². The van der Waals surface area contributed by atoms with Crippen molar-refractivity contribution >= 4 is 6.34 Å². The highest BCUT2D eigenvalue weighted by Crippen LogP contribution is 2.00. The van der Waals surface area contributed by atoms with Crippen LogP contribution in [-0.2, 0) is 4.74 Å². The largest absolute Gasteiger partial charge is 0.360 e. The molecule has 0 aliphatic carbocycles. The molecule has 1 heterocycles. The summed E-state index contributed by atoms with van der Waals surface area (Å²) in [6.07, 6.45) is 2.87. The van der Waals surface area contributed by atoms with Gasteiger partial charge in [0.15, 0.2) is 12.6 Å². The van der Waals surface area contributed by atoms with Crippen molar-refractivity contribution in [3.63, 3.8) is 0 Å². The molecule has 0 aromatic heterocycles. The lowest BCUT2D eigenvalue weighted by molar-refractivity contribution is 0.0401. The Balaban J connectivity index is 2.38. The van der Waals surface area contributed by atoms with E-state index in [1.807, 2.05) is 11.9 Å². The van der Waals surface area contributed by atoms with Crippen LogP contribution in [0.2, 0.25) is 0 Å². The Morgan fingerprint density at radius 2 is 2.62 bits per heavy atom. The third kappa shape index (κ3) is 0.816. The zero-order chi connectivity index (χ0) is 5.98. The first-order valence-corrected chi connectivity index (χ1v) is 2.52. The number of aliphatic imine (C=N–C) groups is 1. The lowest BCUT2D eigenvalue weighted by Crippen LogP contribution is -2.28. The molecule has 0 aromatic rings. The van der Waals surface area contributed by atoms with Crippen LogP contribution in [0.1, 0.15) is 0 Å². The Morgan fingerprint density at radius 1 is 1.88 bits per heavy atom. The second-order valence-electron chi connectivity index (χ2n) is 1.74. The first-order valence-electron chi connectivity index (χ1n) is 2.52. The molecule has 1 aliphatic heterocycles. The molecule has 3 heteroatoms. The van der Waals surface area contributed by atoms with E-state index in [-0.39, 0.29) is 6.23 Å². The molecule has 0 aromatic carbocycles. The second-order valence-corrected chi connectivity index (χ2v) is 1.74. The molecule has 45 valence electrons. The fraction of sp³-hybridized carbons (Fsp3) is 0.800. The molecular formula is C5H9N2O. The van der Waals surface area contributed by atoms with Crippen molar-refractivity contribution < 1.29 is 4.74 Å². The number of rotatable bonds is 1. The number of hydrogen-bond donors (Lipinski definition) is 0. The molecule has 0 spiro atoms. The summed E-state index contributed by atoms with van der Waals surface area (Å²) in [5.74, 6) is 0. The van der Waals surface area contributed by atoms with Crippen LogP contribution in [0, 0.1) is 0 Å². The van der Waals surface area contributed by atoms with Crippen molar-refractivity contribution in [2.75, 3.05) is 20.7 Å². The summed E-state index contributed by atoms with van der Waals surface area (Å²) in [5.41, 5.74) is 0. The molecule has 0 amide bonds. The Hall–Kier alpha value is -0.570. The summed E-state index contributed by atoms with van der Waals surface area (Å²) in [5, 5.41) is 0. The van der Waals surface area contributed by atoms with Crippen molar-refractivity contribution in [1.82, 2.24) is 4.90 Å². The molecule has 0 saturated carbocycles. The van der Waals surface area contributed by atoms with Crippen molar-refractivity contribution in [3.8, 4) is 0 Å². The average molecular weight is 113 g/mol. The van der Waals surface area contributed by atoms with E-state index in [2.05, 4.69) is 11.3 Å². The number of likely N-dealkylation sites (N-methyl/N-ethyl adjacent to an activating group) is 1. The maximum atomic E-state index is 4.99. The van der Waals surface area contributed by atoms with Gasteiger partial charge < -0.3 is 9.64 Å². The zero-order valence-corrected chi connectivity index (χ0v) is 5.09. The maximum Gasteiger partial charge on any atom is 0.169 e. The Labute approximate surface area is 49.0 Å². The highest BCUT2D eigenvalue weighted by molar-refractivity contribution is 5.56. The van der Waals surface area contributed by atoms with Crippen molar-refractivity contribution in [2.24, 2.45) is 4.99 Å². The van der Waals surface area contributed by atoms with Gasteiger partial charge in [-0.1, -0.05) is 0 Å². The Bertz CT molecular complexity index is 103. The summed E-state index contributed by atoms with van der Waals surface area (Å²) in [7, 11) is 3.56. The first-order chi connectivity index (χ1) is 3.84. The number of methoxy groups -OCH3 is 1. The molecule has 1 unspecified atom stereocenters. The molecule has 1 atom stereocenters. The highest BCUT2D eigenvalue weighted by Gasteiger charge is 2.14. The fourth-order valence-electron chi connectivity index (χ4n) is 0.650. The molecule has 0 fully saturated rings. The molecule has 8 heavy (non-hydrogen) atoms. The fourth-order valence-corrected chi connectivity index (χ4v) is 0.650. The van der Waals surface area contributed by atoms with Crippen LogP contribution in [-0.4, -0.2) is 38.2 Å². The standard InChI is InChI=1S/C5H9N2O/c1-7-4-6-3-5(7)8-2/h5H,3H2,1-2H3. The summed E-state index contributed by atoms with van der Waals surface area (Å²) in [4.78, 5) is 5.69. The summed E-state index contributed by atoms with van der Waals surface area (Å²) in [6.45, 7) is 0.715. The average Bonchev–Trinajstić information content (AvgIpc) is 2.14. The molecule has 0 saturated heterocycles. The van der Waals surface area contributed by atoms with Crippen LogP contribution in [0.25, 0.3) is 0 Å². The molecule has 3 nitrogen and oxygen atoms in total. The minimum atomic E-state index is 0.120. The van der Waals surface area contributed by atoms with Gasteiger partial charge in [-0.3, -0.25) is 4.99 Å². The van der Waals surface area contributed by atoms with Gasteiger partial charge >= 0.3 is 0 Å². The monoisotopic (exact) mass is 113 g/mol. The van der Waals surface area contributed by atoms with E-state index in [1.165, 1.54) is 0 Å². The van der Waals surface area contributed by atoms with Crippen molar-refractivity contribution in [1.29, 1.82) is 0 Å². The first kappa shape index (κ1) is 5.56. The molecule has 0 N–H and O–H groups in total. The lowest BCUT2D eigenvalue weighted by Gasteiger charge is -2.15. The summed E-state index contributed by atoms with van der Waals surface area (Å²) >= 11 is 0. The minimum Gasteiger partial charge on any atom is -0.360 e. The predicted octanol–water partition coefficient (Wildman–Crippen LogP) is -0.190. The van der Waals surface area contributed by atoms with E-state index in [1.54, 1.807) is 7.11 Å². The Kier molecular flexibility index (Phi) is 1.48. The second kappa shape index (κ2) is 2.13. The number of ether oxygens (including phenoxy) is 1. The van der Waals surface area contributed by atoms with E-state index in [4.69, 9.17) is 4.74 Å². The number of hydrogen-bond acceptors (Lipinski definition) is 3. The Morgan fingerprint density at radius 3 is 2.88 bits per heavy atom. The van der Waals surface area contributed by atoms with Gasteiger partial charge in [0, 0.05) is 14.2 Å². The quantitative estimate of drug-likeness (QED) is 0.471. The third-order valence-corrected chi connectivity index (χ3v) is 1.18. The van der Waals surface area contributed by atoms with E-state index < -0.39 is 0 Å². The lowest BCUT2D eigenvalue weighted by atomic mass is 10.6. The van der Waals surface area contributed by atoms with Gasteiger partial charge in [0.2, 0.25) is 0 Å². The number of nitrogens with zero attached hydrogens (tertiary/aromatic N) is 2. The topological polar surface area (TPSA) is 24.8 Å².